The summed E-state index contributed by atoms with van der Waals surface area (Å²) in [5.41, 5.74) is 9.20. The van der Waals surface area contributed by atoms with Gasteiger partial charge in [0, 0.05) is 5.56 Å². The third-order valence-electron chi connectivity index (χ3n) is 3.19. The van der Waals surface area contributed by atoms with E-state index in [4.69, 9.17) is 5.73 Å². The summed E-state index contributed by atoms with van der Waals surface area (Å²) in [7, 11) is 0. The van der Waals surface area contributed by atoms with E-state index in [9.17, 15) is 5.26 Å². The maximum absolute atomic E-state index is 9.39. The van der Waals surface area contributed by atoms with Crippen molar-refractivity contribution in [2.45, 2.75) is 0 Å². The zero-order chi connectivity index (χ0) is 15.4. The van der Waals surface area contributed by atoms with Crippen LogP contribution in [0.4, 0.5) is 10.7 Å². The monoisotopic (exact) mass is 303 g/mol. The lowest BCUT2D eigenvalue weighted by Crippen LogP contribution is -2.02. The van der Waals surface area contributed by atoms with Crippen molar-refractivity contribution in [1.82, 2.24) is 0 Å². The smallest absolute Gasteiger partial charge is 0.119 e. The van der Waals surface area contributed by atoms with Crippen molar-refractivity contribution in [2.24, 2.45) is 4.99 Å². The van der Waals surface area contributed by atoms with Gasteiger partial charge in [-0.2, -0.15) is 5.26 Å². The van der Waals surface area contributed by atoms with Gasteiger partial charge in [0.15, 0.2) is 0 Å². The highest BCUT2D eigenvalue weighted by Crippen LogP contribution is 2.27. The van der Waals surface area contributed by atoms with Gasteiger partial charge in [-0.15, -0.1) is 0 Å². The first-order valence-electron chi connectivity index (χ1n) is 6.77. The van der Waals surface area contributed by atoms with Crippen LogP contribution in [0.3, 0.4) is 0 Å². The van der Waals surface area contributed by atoms with E-state index in [1.165, 1.54) is 11.3 Å². The van der Waals surface area contributed by atoms with Crippen molar-refractivity contribution in [3.05, 3.63) is 77.0 Å². The Kier molecular flexibility index (Phi) is 3.99. The van der Waals surface area contributed by atoms with Gasteiger partial charge in [-0.1, -0.05) is 59.9 Å². The summed E-state index contributed by atoms with van der Waals surface area (Å²) in [5.74, 6) is 0. The predicted molar refractivity (Wildman–Crippen MR) is 90.5 cm³/mol. The normalized spacial score (nSPS) is 11.1. The van der Waals surface area contributed by atoms with E-state index < -0.39 is 0 Å². The van der Waals surface area contributed by atoms with Crippen molar-refractivity contribution in [2.75, 3.05) is 5.73 Å². The van der Waals surface area contributed by atoms with Gasteiger partial charge in [0.1, 0.15) is 15.7 Å². The van der Waals surface area contributed by atoms with Gasteiger partial charge in [-0.05, 0) is 23.8 Å². The summed E-state index contributed by atoms with van der Waals surface area (Å²) in [6, 6.07) is 23.6. The first kappa shape index (κ1) is 14.1. The second kappa shape index (κ2) is 6.25. The Morgan fingerprint density at radius 2 is 1.59 bits per heavy atom. The van der Waals surface area contributed by atoms with E-state index in [2.05, 4.69) is 11.1 Å². The summed E-state index contributed by atoms with van der Waals surface area (Å²) >= 11 is 1.32. The Morgan fingerprint density at radius 3 is 2.23 bits per heavy atom. The summed E-state index contributed by atoms with van der Waals surface area (Å²) < 4.78 is 0.779. The molecule has 2 aromatic carbocycles. The molecule has 1 heterocycles. The van der Waals surface area contributed by atoms with Crippen LogP contribution < -0.4 is 10.4 Å². The number of nitrogens with two attached hydrogens (primary N) is 1. The highest BCUT2D eigenvalue weighted by Gasteiger charge is 2.09. The number of hydrogen-bond acceptors (Lipinski definition) is 4. The second-order valence-electron chi connectivity index (χ2n) is 4.66. The van der Waals surface area contributed by atoms with E-state index in [-0.39, 0.29) is 0 Å². The van der Waals surface area contributed by atoms with Crippen LogP contribution in [0.25, 0.3) is 11.1 Å². The molecule has 0 aliphatic heterocycles. The minimum atomic E-state index is 0.485. The molecule has 0 unspecified atom stereocenters. The lowest BCUT2D eigenvalue weighted by molar-refractivity contribution is 1.40. The van der Waals surface area contributed by atoms with E-state index in [0.29, 0.717) is 10.6 Å². The van der Waals surface area contributed by atoms with Crippen molar-refractivity contribution in [3.63, 3.8) is 0 Å². The fraction of sp³-hybridized carbons (Fsp3) is 0. The van der Waals surface area contributed by atoms with E-state index >= 15 is 0 Å². The summed E-state index contributed by atoms with van der Waals surface area (Å²) in [6.07, 6.45) is 0. The molecule has 0 saturated heterocycles. The molecule has 3 rings (SSSR count). The van der Waals surface area contributed by atoms with Crippen LogP contribution in [-0.4, -0.2) is 0 Å². The predicted octanol–water partition coefficient (Wildman–Crippen LogP) is 4.10. The Labute approximate surface area is 132 Å². The number of nitriles is 1. The molecule has 4 heteroatoms. The summed E-state index contributed by atoms with van der Waals surface area (Å²) in [4.78, 5) is 4.59. The van der Waals surface area contributed by atoms with Gasteiger partial charge in [-0.25, -0.2) is 4.99 Å². The van der Waals surface area contributed by atoms with Crippen LogP contribution in [0, 0.1) is 11.3 Å². The molecule has 0 radical (unpaired) electrons. The molecule has 0 spiro atoms. The Morgan fingerprint density at radius 1 is 0.955 bits per heavy atom. The zero-order valence-corrected chi connectivity index (χ0v) is 12.5. The third-order valence-corrected chi connectivity index (χ3v) is 4.03. The summed E-state index contributed by atoms with van der Waals surface area (Å²) in [6.45, 7) is 0. The lowest BCUT2D eigenvalue weighted by Gasteiger charge is -2.06. The Hall–Kier alpha value is -2.90. The van der Waals surface area contributed by atoms with Crippen LogP contribution in [-0.2, 0) is 0 Å². The molecule has 0 saturated carbocycles. The first-order chi connectivity index (χ1) is 10.8. The van der Waals surface area contributed by atoms with E-state index in [0.717, 1.165) is 21.5 Å². The van der Waals surface area contributed by atoms with Crippen molar-refractivity contribution < 1.29 is 0 Å². The maximum Gasteiger partial charge on any atom is 0.119 e. The minimum Gasteiger partial charge on any atom is -0.389 e. The number of para-hydroxylation sites is 1. The fourth-order valence-electron chi connectivity index (χ4n) is 2.17. The van der Waals surface area contributed by atoms with Gasteiger partial charge in [-0.3, -0.25) is 0 Å². The third kappa shape index (κ3) is 2.90. The molecule has 2 N–H and O–H groups in total. The zero-order valence-electron chi connectivity index (χ0n) is 11.7. The van der Waals surface area contributed by atoms with Crippen molar-refractivity contribution in [1.29, 1.82) is 5.26 Å². The SMILES string of the molecule is N#Cc1c(-c2ccccc2)cc(=Nc2ccccc2)sc1N. The molecule has 0 aliphatic carbocycles. The molecule has 0 aliphatic rings. The fourth-order valence-corrected chi connectivity index (χ4v) is 2.98. The molecule has 3 aromatic rings. The number of nitrogens with zero attached hydrogens (tertiary/aromatic N) is 2. The first-order valence-corrected chi connectivity index (χ1v) is 7.58. The average molecular weight is 303 g/mol. The van der Waals surface area contributed by atoms with Crippen molar-refractivity contribution >= 4 is 22.0 Å². The van der Waals surface area contributed by atoms with Crippen LogP contribution in [0.1, 0.15) is 5.56 Å². The second-order valence-corrected chi connectivity index (χ2v) is 5.72. The topological polar surface area (TPSA) is 62.2 Å². The molecule has 3 nitrogen and oxygen atoms in total. The van der Waals surface area contributed by atoms with Crippen LogP contribution in [0.15, 0.2) is 71.7 Å². The Bertz CT molecular complexity index is 891. The van der Waals surface area contributed by atoms with Gasteiger partial charge in [0.25, 0.3) is 0 Å². The van der Waals surface area contributed by atoms with Crippen molar-refractivity contribution in [3.8, 4) is 17.2 Å². The minimum absolute atomic E-state index is 0.485. The molecule has 0 amide bonds. The maximum atomic E-state index is 9.39. The van der Waals surface area contributed by atoms with E-state index in [1.807, 2.05) is 66.7 Å². The van der Waals surface area contributed by atoms with Crippen LogP contribution in [0.2, 0.25) is 0 Å². The van der Waals surface area contributed by atoms with Gasteiger partial charge < -0.3 is 5.73 Å². The molecule has 106 valence electrons. The molecule has 1 aromatic heterocycles. The quantitative estimate of drug-likeness (QED) is 0.774. The van der Waals surface area contributed by atoms with E-state index in [1.54, 1.807) is 0 Å². The molecular weight excluding hydrogens is 290 g/mol. The largest absolute Gasteiger partial charge is 0.389 e. The average Bonchev–Trinajstić information content (AvgIpc) is 2.56. The number of rotatable bonds is 2. The number of benzene rings is 2. The molecule has 0 bridgehead atoms. The van der Waals surface area contributed by atoms with Gasteiger partial charge >= 0.3 is 0 Å². The number of nitrogen functional groups attached to an aromatic ring is 1. The van der Waals surface area contributed by atoms with Crippen LogP contribution >= 0.6 is 11.3 Å². The highest BCUT2D eigenvalue weighted by molar-refractivity contribution is 7.13. The highest BCUT2D eigenvalue weighted by atomic mass is 32.1. The van der Waals surface area contributed by atoms with Crippen LogP contribution in [0.5, 0.6) is 0 Å². The van der Waals surface area contributed by atoms with Gasteiger partial charge in [0.2, 0.25) is 0 Å². The molecule has 0 fully saturated rings. The lowest BCUT2D eigenvalue weighted by atomic mass is 10.0. The van der Waals surface area contributed by atoms with Gasteiger partial charge in [0.05, 0.1) is 11.3 Å². The summed E-state index contributed by atoms with van der Waals surface area (Å²) in [5, 5.41) is 9.87. The number of anilines is 1. The molecule has 22 heavy (non-hydrogen) atoms. The Balaban J connectivity index is 2.22. The standard InChI is InChI=1S/C18H13N3S/c19-12-16-15(13-7-3-1-4-8-13)11-17(22-18(16)20)21-14-9-5-2-6-10-14/h1-11H,20H2. The number of hydrogen-bond donors (Lipinski definition) is 1. The molecular formula is C18H13N3S. The molecule has 0 atom stereocenters.